The lowest BCUT2D eigenvalue weighted by molar-refractivity contribution is 0.0731. The van der Waals surface area contributed by atoms with Gasteiger partial charge in [-0.3, -0.25) is 4.79 Å². The van der Waals surface area contributed by atoms with Crippen LogP contribution in [0.25, 0.3) is 0 Å². The number of carbonyl (C=O) groups is 1. The molecule has 1 aliphatic rings. The molecule has 0 saturated carbocycles. The Kier molecular flexibility index (Phi) is 5.28. The van der Waals surface area contributed by atoms with E-state index < -0.39 is 0 Å². The minimum atomic E-state index is -0.0343. The van der Waals surface area contributed by atoms with Crippen molar-refractivity contribution in [2.75, 3.05) is 19.6 Å². The Bertz CT molecular complexity index is 413. The highest BCUT2D eigenvalue weighted by atomic mass is 35.5. The second kappa shape index (κ2) is 6.96. The standard InChI is InChI=1S/C14H21ClN2O2/c1-2-8-17(10-11-5-3-4-7-16-11)14(18)12-6-9-19-13(12)15/h6,9,11,16H,2-5,7-8,10H2,1H3. The molecule has 1 aromatic heterocycles. The molecule has 1 aliphatic heterocycles. The lowest BCUT2D eigenvalue weighted by atomic mass is 10.0. The van der Waals surface area contributed by atoms with Gasteiger partial charge in [0.05, 0.1) is 11.8 Å². The summed E-state index contributed by atoms with van der Waals surface area (Å²) in [4.78, 5) is 14.3. The van der Waals surface area contributed by atoms with Crippen LogP contribution in [0, 0.1) is 0 Å². The molecule has 0 spiro atoms. The number of furan rings is 1. The second-order valence-corrected chi connectivity index (χ2v) is 5.35. The van der Waals surface area contributed by atoms with E-state index in [1.165, 1.54) is 19.1 Å². The minimum absolute atomic E-state index is 0.0343. The molecule has 1 N–H and O–H groups in total. The molecular formula is C14H21ClN2O2. The van der Waals surface area contributed by atoms with Crippen molar-refractivity contribution in [2.45, 2.75) is 38.6 Å². The number of hydrogen-bond acceptors (Lipinski definition) is 3. The Hall–Kier alpha value is -1.00. The number of carbonyl (C=O) groups excluding carboxylic acids is 1. The lowest BCUT2D eigenvalue weighted by Gasteiger charge is -2.30. The van der Waals surface area contributed by atoms with Gasteiger partial charge < -0.3 is 14.6 Å². The average molecular weight is 285 g/mol. The fraction of sp³-hybridized carbons (Fsp3) is 0.643. The number of halogens is 1. The Morgan fingerprint density at radius 3 is 3.00 bits per heavy atom. The predicted octanol–water partition coefficient (Wildman–Crippen LogP) is 2.93. The zero-order valence-electron chi connectivity index (χ0n) is 11.3. The van der Waals surface area contributed by atoms with Crippen LogP contribution in [-0.4, -0.2) is 36.5 Å². The fourth-order valence-electron chi connectivity index (χ4n) is 2.51. The lowest BCUT2D eigenvalue weighted by Crippen LogP contribution is -2.46. The molecule has 1 saturated heterocycles. The van der Waals surface area contributed by atoms with Crippen LogP contribution in [0.4, 0.5) is 0 Å². The fourth-order valence-corrected chi connectivity index (χ4v) is 2.70. The third-order valence-electron chi connectivity index (χ3n) is 3.48. The van der Waals surface area contributed by atoms with Gasteiger partial charge in [0.2, 0.25) is 5.22 Å². The van der Waals surface area contributed by atoms with Crippen molar-refractivity contribution in [1.82, 2.24) is 10.2 Å². The molecule has 0 radical (unpaired) electrons. The highest BCUT2D eigenvalue weighted by Crippen LogP contribution is 2.19. The van der Waals surface area contributed by atoms with Gasteiger partial charge in [-0.15, -0.1) is 0 Å². The molecule has 1 atom stereocenters. The smallest absolute Gasteiger partial charge is 0.258 e. The molecular weight excluding hydrogens is 264 g/mol. The molecule has 0 aliphatic carbocycles. The molecule has 1 amide bonds. The van der Waals surface area contributed by atoms with Crippen molar-refractivity contribution in [2.24, 2.45) is 0 Å². The number of nitrogens with one attached hydrogen (secondary N) is 1. The molecule has 1 aromatic rings. The van der Waals surface area contributed by atoms with E-state index in [1.807, 2.05) is 4.90 Å². The van der Waals surface area contributed by atoms with Crippen LogP contribution in [0.2, 0.25) is 5.22 Å². The SMILES string of the molecule is CCCN(CC1CCCCN1)C(=O)c1ccoc1Cl. The van der Waals surface area contributed by atoms with Crippen molar-refractivity contribution in [3.63, 3.8) is 0 Å². The quantitative estimate of drug-likeness (QED) is 0.904. The van der Waals surface area contributed by atoms with Crippen molar-refractivity contribution < 1.29 is 9.21 Å². The maximum absolute atomic E-state index is 12.4. The third-order valence-corrected chi connectivity index (χ3v) is 3.77. The first-order chi connectivity index (χ1) is 9.22. The number of rotatable bonds is 5. The zero-order valence-corrected chi connectivity index (χ0v) is 12.1. The van der Waals surface area contributed by atoms with Gasteiger partial charge in [-0.25, -0.2) is 0 Å². The van der Waals surface area contributed by atoms with Crippen LogP contribution in [0.15, 0.2) is 16.7 Å². The number of nitrogens with zero attached hydrogens (tertiary/aromatic N) is 1. The summed E-state index contributed by atoms with van der Waals surface area (Å²) >= 11 is 5.89. The van der Waals surface area contributed by atoms with Crippen LogP contribution in [-0.2, 0) is 0 Å². The summed E-state index contributed by atoms with van der Waals surface area (Å²) in [5.41, 5.74) is 0.464. The zero-order chi connectivity index (χ0) is 13.7. The van der Waals surface area contributed by atoms with Gasteiger partial charge in [0.25, 0.3) is 5.91 Å². The molecule has 4 nitrogen and oxygen atoms in total. The first-order valence-electron chi connectivity index (χ1n) is 6.98. The summed E-state index contributed by atoms with van der Waals surface area (Å²) in [6.45, 7) is 4.61. The monoisotopic (exact) mass is 284 g/mol. The number of hydrogen-bond donors (Lipinski definition) is 1. The first kappa shape index (κ1) is 14.4. The summed E-state index contributed by atoms with van der Waals surface area (Å²) in [6.07, 6.45) is 5.99. The Labute approximate surface area is 119 Å². The van der Waals surface area contributed by atoms with Crippen molar-refractivity contribution >= 4 is 17.5 Å². The number of amides is 1. The third kappa shape index (κ3) is 3.74. The van der Waals surface area contributed by atoms with Crippen LogP contribution < -0.4 is 5.32 Å². The van der Waals surface area contributed by atoms with Gasteiger partial charge in [0.1, 0.15) is 0 Å². The summed E-state index contributed by atoms with van der Waals surface area (Å²) in [7, 11) is 0. The molecule has 2 heterocycles. The normalized spacial score (nSPS) is 19.4. The Morgan fingerprint density at radius 1 is 1.58 bits per heavy atom. The Balaban J connectivity index is 2.02. The molecule has 1 unspecified atom stereocenters. The van der Waals surface area contributed by atoms with Gasteiger partial charge in [0, 0.05) is 19.1 Å². The summed E-state index contributed by atoms with van der Waals surface area (Å²) in [5, 5.41) is 3.66. The molecule has 0 bridgehead atoms. The summed E-state index contributed by atoms with van der Waals surface area (Å²) < 4.78 is 5.01. The minimum Gasteiger partial charge on any atom is -0.452 e. The molecule has 1 fully saturated rings. The largest absolute Gasteiger partial charge is 0.452 e. The maximum Gasteiger partial charge on any atom is 0.258 e. The topological polar surface area (TPSA) is 45.5 Å². The van der Waals surface area contributed by atoms with E-state index in [-0.39, 0.29) is 11.1 Å². The van der Waals surface area contributed by atoms with Crippen molar-refractivity contribution in [3.8, 4) is 0 Å². The van der Waals surface area contributed by atoms with Gasteiger partial charge in [0.15, 0.2) is 0 Å². The van der Waals surface area contributed by atoms with E-state index in [0.717, 1.165) is 32.5 Å². The van der Waals surface area contributed by atoms with E-state index in [9.17, 15) is 4.79 Å². The van der Waals surface area contributed by atoms with Crippen molar-refractivity contribution in [1.29, 1.82) is 0 Å². The highest BCUT2D eigenvalue weighted by molar-refractivity contribution is 6.32. The molecule has 106 valence electrons. The number of piperidine rings is 1. The van der Waals surface area contributed by atoms with Crippen LogP contribution in [0.5, 0.6) is 0 Å². The van der Waals surface area contributed by atoms with Crippen LogP contribution in [0.3, 0.4) is 0 Å². The van der Waals surface area contributed by atoms with E-state index >= 15 is 0 Å². The molecule has 0 aromatic carbocycles. The van der Waals surface area contributed by atoms with E-state index in [1.54, 1.807) is 6.07 Å². The highest BCUT2D eigenvalue weighted by Gasteiger charge is 2.23. The van der Waals surface area contributed by atoms with Crippen molar-refractivity contribution in [3.05, 3.63) is 23.1 Å². The van der Waals surface area contributed by atoms with E-state index in [0.29, 0.717) is 11.6 Å². The van der Waals surface area contributed by atoms with Gasteiger partial charge in [-0.2, -0.15) is 0 Å². The van der Waals surface area contributed by atoms with Crippen LogP contribution >= 0.6 is 11.6 Å². The Morgan fingerprint density at radius 2 is 2.42 bits per heavy atom. The molecule has 5 heteroatoms. The maximum atomic E-state index is 12.4. The molecule has 19 heavy (non-hydrogen) atoms. The van der Waals surface area contributed by atoms with E-state index in [4.69, 9.17) is 16.0 Å². The van der Waals surface area contributed by atoms with Gasteiger partial charge in [-0.1, -0.05) is 13.3 Å². The van der Waals surface area contributed by atoms with Gasteiger partial charge >= 0.3 is 0 Å². The predicted molar refractivity (Wildman–Crippen MR) is 75.6 cm³/mol. The van der Waals surface area contributed by atoms with E-state index in [2.05, 4.69) is 12.2 Å². The average Bonchev–Trinajstić information content (AvgIpc) is 2.85. The molecule has 2 rings (SSSR count). The summed E-state index contributed by atoms with van der Waals surface area (Å²) in [6, 6.07) is 2.04. The first-order valence-corrected chi connectivity index (χ1v) is 7.35. The van der Waals surface area contributed by atoms with Crippen LogP contribution in [0.1, 0.15) is 43.0 Å². The second-order valence-electron chi connectivity index (χ2n) is 5.01. The van der Waals surface area contributed by atoms with Gasteiger partial charge in [-0.05, 0) is 43.5 Å². The summed E-state index contributed by atoms with van der Waals surface area (Å²) in [5.74, 6) is -0.0343.